The molecule has 1 saturated carbocycles. The van der Waals surface area contributed by atoms with Crippen LogP contribution in [0.4, 0.5) is 5.82 Å². The summed E-state index contributed by atoms with van der Waals surface area (Å²) in [4.78, 5) is 31.5. The molecule has 2 aromatic heterocycles. The highest BCUT2D eigenvalue weighted by atomic mass is 79.9. The highest BCUT2D eigenvalue weighted by Gasteiger charge is 2.49. The Balaban J connectivity index is 1.71. The molecule has 0 aromatic carbocycles. The summed E-state index contributed by atoms with van der Waals surface area (Å²) in [5.41, 5.74) is 0.629. The summed E-state index contributed by atoms with van der Waals surface area (Å²) in [6.07, 6.45) is 5.55. The van der Waals surface area contributed by atoms with Crippen LogP contribution in [0.3, 0.4) is 0 Å². The first-order chi connectivity index (χ1) is 9.58. The zero-order chi connectivity index (χ0) is 14.3. The third kappa shape index (κ3) is 2.38. The summed E-state index contributed by atoms with van der Waals surface area (Å²) in [7, 11) is 1.32. The fourth-order valence-electron chi connectivity index (χ4n) is 2.05. The number of imidazole rings is 1. The van der Waals surface area contributed by atoms with Gasteiger partial charge in [0.1, 0.15) is 4.60 Å². The Labute approximate surface area is 122 Å². The van der Waals surface area contributed by atoms with Crippen molar-refractivity contribution in [3.05, 3.63) is 23.2 Å². The van der Waals surface area contributed by atoms with E-state index in [1.165, 1.54) is 7.11 Å². The van der Waals surface area contributed by atoms with Crippen molar-refractivity contribution in [3.8, 4) is 0 Å². The van der Waals surface area contributed by atoms with E-state index in [9.17, 15) is 9.59 Å². The van der Waals surface area contributed by atoms with Crippen LogP contribution < -0.4 is 5.32 Å². The lowest BCUT2D eigenvalue weighted by Crippen LogP contribution is -2.17. The second-order valence-corrected chi connectivity index (χ2v) is 5.38. The third-order valence-corrected chi connectivity index (χ3v) is 3.60. The SMILES string of the molecule is COC(=O)[C@H]1C[C@H]1C(=O)Nc1cn2cc(Br)ncc2n1. The number of nitrogens with one attached hydrogen (secondary N) is 1. The molecule has 1 N–H and O–H groups in total. The van der Waals surface area contributed by atoms with Gasteiger partial charge in [-0.25, -0.2) is 9.97 Å². The number of fused-ring (bicyclic) bond motifs is 1. The van der Waals surface area contributed by atoms with Gasteiger partial charge in [-0.3, -0.25) is 9.59 Å². The molecule has 0 radical (unpaired) electrons. The van der Waals surface area contributed by atoms with Crippen molar-refractivity contribution >= 4 is 39.3 Å². The Morgan fingerprint density at radius 2 is 2.25 bits per heavy atom. The second-order valence-electron chi connectivity index (χ2n) is 4.56. The van der Waals surface area contributed by atoms with Gasteiger partial charge in [0, 0.05) is 6.20 Å². The summed E-state index contributed by atoms with van der Waals surface area (Å²) < 4.78 is 7.04. The van der Waals surface area contributed by atoms with Crippen molar-refractivity contribution in [2.24, 2.45) is 11.8 Å². The van der Waals surface area contributed by atoms with Crippen LogP contribution in [0.5, 0.6) is 0 Å². The van der Waals surface area contributed by atoms with Crippen LogP contribution in [-0.2, 0) is 14.3 Å². The first-order valence-corrected chi connectivity index (χ1v) is 6.76. The van der Waals surface area contributed by atoms with Crippen molar-refractivity contribution in [1.29, 1.82) is 0 Å². The highest BCUT2D eigenvalue weighted by molar-refractivity contribution is 9.10. The fourth-order valence-corrected chi connectivity index (χ4v) is 2.37. The lowest BCUT2D eigenvalue weighted by atomic mass is 10.3. The van der Waals surface area contributed by atoms with Crippen LogP contribution in [0.2, 0.25) is 0 Å². The van der Waals surface area contributed by atoms with E-state index in [2.05, 4.69) is 36.0 Å². The topological polar surface area (TPSA) is 85.6 Å². The van der Waals surface area contributed by atoms with Crippen LogP contribution >= 0.6 is 15.9 Å². The fraction of sp³-hybridized carbons (Fsp3) is 0.333. The molecule has 1 amide bonds. The maximum absolute atomic E-state index is 12.0. The quantitative estimate of drug-likeness (QED) is 0.851. The highest BCUT2D eigenvalue weighted by Crippen LogP contribution is 2.40. The van der Waals surface area contributed by atoms with Gasteiger partial charge in [0.05, 0.1) is 31.3 Å². The van der Waals surface area contributed by atoms with Gasteiger partial charge in [0.2, 0.25) is 5.91 Å². The molecule has 2 atom stereocenters. The number of carbonyl (C=O) groups is 2. The smallest absolute Gasteiger partial charge is 0.309 e. The number of anilines is 1. The molecule has 0 saturated heterocycles. The molecule has 0 spiro atoms. The molecule has 1 aliphatic rings. The predicted octanol–water partition coefficient (Wildman–Crippen LogP) is 1.24. The van der Waals surface area contributed by atoms with Crippen molar-refractivity contribution in [1.82, 2.24) is 14.4 Å². The van der Waals surface area contributed by atoms with Gasteiger partial charge in [-0.2, -0.15) is 0 Å². The number of hydrogen-bond donors (Lipinski definition) is 1. The van der Waals surface area contributed by atoms with Crippen molar-refractivity contribution in [2.45, 2.75) is 6.42 Å². The van der Waals surface area contributed by atoms with Crippen LogP contribution in [0, 0.1) is 11.8 Å². The van der Waals surface area contributed by atoms with Gasteiger partial charge < -0.3 is 14.5 Å². The zero-order valence-electron chi connectivity index (χ0n) is 10.5. The molecule has 0 bridgehead atoms. The number of carbonyl (C=O) groups excluding carboxylic acids is 2. The molecule has 0 aliphatic heterocycles. The third-order valence-electron chi connectivity index (χ3n) is 3.19. The molecule has 7 nitrogen and oxygen atoms in total. The molecule has 20 heavy (non-hydrogen) atoms. The number of hydrogen-bond acceptors (Lipinski definition) is 5. The Bertz CT molecular complexity index is 699. The minimum Gasteiger partial charge on any atom is -0.469 e. The molecule has 3 rings (SSSR count). The number of methoxy groups -OCH3 is 1. The van der Waals surface area contributed by atoms with E-state index in [0.717, 1.165) is 0 Å². The van der Waals surface area contributed by atoms with E-state index in [-0.39, 0.29) is 23.7 Å². The monoisotopic (exact) mass is 338 g/mol. The van der Waals surface area contributed by atoms with E-state index in [0.29, 0.717) is 22.5 Å². The second kappa shape index (κ2) is 4.86. The lowest BCUT2D eigenvalue weighted by Gasteiger charge is -2.00. The number of aromatic nitrogens is 3. The summed E-state index contributed by atoms with van der Waals surface area (Å²) >= 11 is 3.26. The number of ether oxygens (including phenoxy) is 1. The first kappa shape index (κ1) is 13.0. The Morgan fingerprint density at radius 3 is 3.00 bits per heavy atom. The van der Waals surface area contributed by atoms with E-state index in [4.69, 9.17) is 0 Å². The normalized spacial score (nSPS) is 20.7. The first-order valence-electron chi connectivity index (χ1n) is 5.97. The number of amides is 1. The summed E-state index contributed by atoms with van der Waals surface area (Å²) in [6, 6.07) is 0. The molecule has 104 valence electrons. The predicted molar refractivity (Wildman–Crippen MR) is 72.9 cm³/mol. The van der Waals surface area contributed by atoms with Gasteiger partial charge in [0.15, 0.2) is 11.5 Å². The van der Waals surface area contributed by atoms with Crippen LogP contribution in [0.25, 0.3) is 5.65 Å². The Hall–Kier alpha value is -1.96. The average molecular weight is 339 g/mol. The van der Waals surface area contributed by atoms with Crippen molar-refractivity contribution < 1.29 is 14.3 Å². The zero-order valence-corrected chi connectivity index (χ0v) is 12.1. The number of nitrogens with zero attached hydrogens (tertiary/aromatic N) is 3. The van der Waals surface area contributed by atoms with Crippen molar-refractivity contribution in [2.75, 3.05) is 12.4 Å². The van der Waals surface area contributed by atoms with E-state index in [1.807, 2.05) is 0 Å². The van der Waals surface area contributed by atoms with Gasteiger partial charge in [-0.15, -0.1) is 0 Å². The van der Waals surface area contributed by atoms with Crippen LogP contribution in [0.1, 0.15) is 6.42 Å². The van der Waals surface area contributed by atoms with Crippen molar-refractivity contribution in [3.63, 3.8) is 0 Å². The minimum atomic E-state index is -0.340. The number of halogens is 1. The largest absolute Gasteiger partial charge is 0.469 e. The van der Waals surface area contributed by atoms with Gasteiger partial charge in [-0.05, 0) is 22.4 Å². The average Bonchev–Trinajstić information content (AvgIpc) is 3.13. The Kier molecular flexibility index (Phi) is 3.17. The lowest BCUT2D eigenvalue weighted by molar-refractivity contribution is -0.143. The number of rotatable bonds is 3. The van der Waals surface area contributed by atoms with E-state index < -0.39 is 0 Å². The minimum absolute atomic E-state index is 0.212. The standard InChI is InChI=1S/C12H11BrN4O3/c1-20-12(19)7-2-6(7)11(18)16-9-5-17-4-8(13)14-3-10(17)15-9/h3-7H,2H2,1H3,(H,16,18)/t6-,7+/m1/s1. The van der Waals surface area contributed by atoms with E-state index in [1.54, 1.807) is 23.0 Å². The van der Waals surface area contributed by atoms with Gasteiger partial charge >= 0.3 is 5.97 Å². The van der Waals surface area contributed by atoms with Crippen LogP contribution in [-0.4, -0.2) is 33.4 Å². The molecular weight excluding hydrogens is 328 g/mol. The maximum atomic E-state index is 12.0. The van der Waals surface area contributed by atoms with E-state index >= 15 is 0 Å². The summed E-state index contributed by atoms with van der Waals surface area (Å²) in [6.45, 7) is 0. The van der Waals surface area contributed by atoms with Crippen LogP contribution in [0.15, 0.2) is 23.2 Å². The molecule has 1 aliphatic carbocycles. The molecule has 2 aromatic rings. The summed E-state index contributed by atoms with van der Waals surface area (Å²) in [5.74, 6) is -0.764. The molecular formula is C12H11BrN4O3. The summed E-state index contributed by atoms with van der Waals surface area (Å²) in [5, 5.41) is 2.70. The molecule has 1 fully saturated rings. The number of esters is 1. The van der Waals surface area contributed by atoms with Gasteiger partial charge in [-0.1, -0.05) is 0 Å². The molecule has 8 heteroatoms. The maximum Gasteiger partial charge on any atom is 0.309 e. The Morgan fingerprint density at radius 1 is 1.45 bits per heavy atom. The molecule has 2 heterocycles. The van der Waals surface area contributed by atoms with Gasteiger partial charge in [0.25, 0.3) is 0 Å². The molecule has 0 unspecified atom stereocenters.